The minimum Gasteiger partial charge on any atom is -0.312 e. The minimum atomic E-state index is -3.71. The van der Waals surface area contributed by atoms with Crippen molar-refractivity contribution in [2.45, 2.75) is 30.6 Å². The third-order valence-corrected chi connectivity index (χ3v) is 7.84. The maximum atomic E-state index is 13.1. The number of carbonyl (C=O) groups excluding carboxylic acids is 2. The van der Waals surface area contributed by atoms with Crippen molar-refractivity contribution in [1.29, 1.82) is 0 Å². The highest BCUT2D eigenvalue weighted by molar-refractivity contribution is 7.89. The standard InChI is InChI=1S/C19H22N4O4S2/c24-17-4-2-11-23(17)15-5-7-16(8-6-15)29(26,27)22-10-1-3-14(13-22)18(25)21-19-20-9-12-28-19/h5-9,12,14H,1-4,10-11,13H2,(H,20,21,25)/t14-/m0/s1. The van der Waals surface area contributed by atoms with E-state index < -0.39 is 15.9 Å². The van der Waals surface area contributed by atoms with Crippen LogP contribution < -0.4 is 10.2 Å². The number of carbonyl (C=O) groups is 2. The van der Waals surface area contributed by atoms with Gasteiger partial charge in [-0.05, 0) is 43.5 Å². The van der Waals surface area contributed by atoms with Crippen LogP contribution in [0.3, 0.4) is 0 Å². The van der Waals surface area contributed by atoms with Crippen LogP contribution in [0, 0.1) is 5.92 Å². The van der Waals surface area contributed by atoms with Gasteiger partial charge < -0.3 is 10.2 Å². The Balaban J connectivity index is 1.46. The van der Waals surface area contributed by atoms with Crippen LogP contribution in [-0.2, 0) is 19.6 Å². The fourth-order valence-corrected chi connectivity index (χ4v) is 5.79. The Morgan fingerprint density at radius 2 is 1.97 bits per heavy atom. The van der Waals surface area contributed by atoms with Gasteiger partial charge in [0.1, 0.15) is 0 Å². The number of aromatic nitrogens is 1. The summed E-state index contributed by atoms with van der Waals surface area (Å²) in [6.07, 6.45) is 4.21. The van der Waals surface area contributed by atoms with Gasteiger partial charge in [-0.1, -0.05) is 0 Å². The highest BCUT2D eigenvalue weighted by Crippen LogP contribution is 2.27. The Kier molecular flexibility index (Phi) is 5.66. The van der Waals surface area contributed by atoms with E-state index in [2.05, 4.69) is 10.3 Å². The molecule has 2 saturated heterocycles. The lowest BCUT2D eigenvalue weighted by atomic mass is 9.99. The number of anilines is 2. The lowest BCUT2D eigenvalue weighted by Gasteiger charge is -2.31. The second-order valence-electron chi connectivity index (χ2n) is 7.17. The quantitative estimate of drug-likeness (QED) is 0.778. The molecule has 0 bridgehead atoms. The van der Waals surface area contributed by atoms with Crippen LogP contribution in [0.1, 0.15) is 25.7 Å². The Bertz CT molecular complexity index is 990. The van der Waals surface area contributed by atoms with E-state index in [9.17, 15) is 18.0 Å². The number of rotatable bonds is 5. The van der Waals surface area contributed by atoms with Crippen LogP contribution in [-0.4, -0.2) is 49.2 Å². The average Bonchev–Trinajstić information content (AvgIpc) is 3.40. The van der Waals surface area contributed by atoms with Gasteiger partial charge in [0.25, 0.3) is 0 Å². The monoisotopic (exact) mass is 434 g/mol. The molecule has 0 spiro atoms. The van der Waals surface area contributed by atoms with Crippen LogP contribution in [0.25, 0.3) is 0 Å². The molecular formula is C19H22N4O4S2. The van der Waals surface area contributed by atoms with Gasteiger partial charge >= 0.3 is 0 Å². The number of hydrogen-bond donors (Lipinski definition) is 1. The SMILES string of the molecule is O=C(Nc1nccs1)[C@H]1CCCN(S(=O)(=O)c2ccc(N3CCCC3=O)cc2)C1. The van der Waals surface area contributed by atoms with E-state index in [0.717, 1.165) is 6.42 Å². The van der Waals surface area contributed by atoms with E-state index in [4.69, 9.17) is 0 Å². The summed E-state index contributed by atoms with van der Waals surface area (Å²) >= 11 is 1.33. The number of benzene rings is 1. The number of amides is 2. The molecule has 1 N–H and O–H groups in total. The van der Waals surface area contributed by atoms with Crippen molar-refractivity contribution >= 4 is 44.0 Å². The van der Waals surface area contributed by atoms with Gasteiger partial charge in [-0.3, -0.25) is 9.59 Å². The van der Waals surface area contributed by atoms with E-state index in [1.165, 1.54) is 27.8 Å². The molecule has 8 nitrogen and oxygen atoms in total. The molecule has 2 fully saturated rings. The van der Waals surface area contributed by atoms with Crippen LogP contribution in [0.2, 0.25) is 0 Å². The molecule has 3 heterocycles. The van der Waals surface area contributed by atoms with Gasteiger partial charge in [-0.25, -0.2) is 13.4 Å². The van der Waals surface area contributed by atoms with Crippen molar-refractivity contribution in [2.75, 3.05) is 29.9 Å². The molecule has 2 aliphatic heterocycles. The fraction of sp³-hybridized carbons (Fsp3) is 0.421. The predicted octanol–water partition coefficient (Wildman–Crippen LogP) is 2.31. The first kappa shape index (κ1) is 20.0. The third-order valence-electron chi connectivity index (χ3n) is 5.28. The van der Waals surface area contributed by atoms with Crippen molar-refractivity contribution in [1.82, 2.24) is 9.29 Å². The first-order valence-corrected chi connectivity index (χ1v) is 11.9. The Morgan fingerprint density at radius 3 is 2.62 bits per heavy atom. The smallest absolute Gasteiger partial charge is 0.243 e. The normalized spacial score (nSPS) is 20.8. The van der Waals surface area contributed by atoms with Crippen LogP contribution >= 0.6 is 11.3 Å². The summed E-state index contributed by atoms with van der Waals surface area (Å²) in [6.45, 7) is 1.19. The van der Waals surface area contributed by atoms with Gasteiger partial charge in [0.15, 0.2) is 5.13 Å². The lowest BCUT2D eigenvalue weighted by molar-refractivity contribution is -0.121. The summed E-state index contributed by atoms with van der Waals surface area (Å²) in [4.78, 5) is 30.3. The molecule has 1 aromatic heterocycles. The molecule has 2 amide bonds. The van der Waals surface area contributed by atoms with E-state index in [-0.39, 0.29) is 23.3 Å². The Hall–Kier alpha value is -2.30. The average molecular weight is 435 g/mol. The zero-order chi connectivity index (χ0) is 20.4. The molecule has 2 aliphatic rings. The van der Waals surface area contributed by atoms with Crippen molar-refractivity contribution < 1.29 is 18.0 Å². The van der Waals surface area contributed by atoms with E-state index in [1.54, 1.807) is 28.6 Å². The summed E-state index contributed by atoms with van der Waals surface area (Å²) in [7, 11) is -3.71. The number of piperidine rings is 1. The van der Waals surface area contributed by atoms with Crippen LogP contribution in [0.4, 0.5) is 10.8 Å². The third kappa shape index (κ3) is 4.19. The van der Waals surface area contributed by atoms with Crippen LogP contribution in [0.15, 0.2) is 40.7 Å². The fourth-order valence-electron chi connectivity index (χ4n) is 3.74. The molecular weight excluding hydrogens is 412 g/mol. The van der Waals surface area contributed by atoms with E-state index in [1.807, 2.05) is 0 Å². The number of thiazole rings is 1. The second kappa shape index (κ2) is 8.21. The molecule has 0 saturated carbocycles. The second-order valence-corrected chi connectivity index (χ2v) is 10.0. The minimum absolute atomic E-state index is 0.0609. The number of hydrogen-bond acceptors (Lipinski definition) is 6. The number of sulfonamides is 1. The molecule has 10 heteroatoms. The van der Waals surface area contributed by atoms with Gasteiger partial charge in [0.05, 0.1) is 10.8 Å². The van der Waals surface area contributed by atoms with E-state index >= 15 is 0 Å². The largest absolute Gasteiger partial charge is 0.312 e. The Labute approximate surface area is 173 Å². The van der Waals surface area contributed by atoms with Crippen molar-refractivity contribution in [3.05, 3.63) is 35.8 Å². The molecule has 154 valence electrons. The summed E-state index contributed by atoms with van der Waals surface area (Å²) in [5, 5.41) is 5.04. The Morgan fingerprint density at radius 1 is 1.17 bits per heavy atom. The lowest BCUT2D eigenvalue weighted by Crippen LogP contribution is -2.43. The zero-order valence-electron chi connectivity index (χ0n) is 15.8. The topological polar surface area (TPSA) is 99.7 Å². The van der Waals surface area contributed by atoms with Gasteiger partial charge in [-0.2, -0.15) is 4.31 Å². The first-order chi connectivity index (χ1) is 13.9. The molecule has 0 radical (unpaired) electrons. The van der Waals surface area contributed by atoms with Crippen molar-refractivity contribution in [2.24, 2.45) is 5.92 Å². The zero-order valence-corrected chi connectivity index (χ0v) is 17.4. The molecule has 1 atom stereocenters. The maximum Gasteiger partial charge on any atom is 0.243 e. The predicted molar refractivity (Wildman–Crippen MR) is 110 cm³/mol. The van der Waals surface area contributed by atoms with Crippen LogP contribution in [0.5, 0.6) is 0 Å². The van der Waals surface area contributed by atoms with Gasteiger partial charge in [0, 0.05) is 43.3 Å². The molecule has 2 aromatic rings. The van der Waals surface area contributed by atoms with Gasteiger partial charge in [0.2, 0.25) is 21.8 Å². The number of nitrogens with one attached hydrogen (secondary N) is 1. The first-order valence-electron chi connectivity index (χ1n) is 9.56. The highest BCUT2D eigenvalue weighted by Gasteiger charge is 2.33. The molecule has 0 aliphatic carbocycles. The molecule has 29 heavy (non-hydrogen) atoms. The molecule has 0 unspecified atom stereocenters. The summed E-state index contributed by atoms with van der Waals surface area (Å²) < 4.78 is 27.5. The summed E-state index contributed by atoms with van der Waals surface area (Å²) in [5.41, 5.74) is 0.714. The van der Waals surface area contributed by atoms with E-state index in [0.29, 0.717) is 43.2 Å². The maximum absolute atomic E-state index is 13.1. The number of nitrogens with zero attached hydrogens (tertiary/aromatic N) is 3. The summed E-state index contributed by atoms with van der Waals surface area (Å²) in [5.74, 6) is -0.558. The molecule has 4 rings (SSSR count). The summed E-state index contributed by atoms with van der Waals surface area (Å²) in [6, 6.07) is 6.42. The van der Waals surface area contributed by atoms with Gasteiger partial charge in [-0.15, -0.1) is 11.3 Å². The van der Waals surface area contributed by atoms with Crippen molar-refractivity contribution in [3.8, 4) is 0 Å². The van der Waals surface area contributed by atoms with Crippen molar-refractivity contribution in [3.63, 3.8) is 0 Å². The highest BCUT2D eigenvalue weighted by atomic mass is 32.2. The molecule has 1 aromatic carbocycles.